The van der Waals surface area contributed by atoms with Crippen LogP contribution in [-0.2, 0) is 19.4 Å². The number of nitrogens with zero attached hydrogens (tertiary/aromatic N) is 1. The summed E-state index contributed by atoms with van der Waals surface area (Å²) in [4.78, 5) is 9.56. The van der Waals surface area contributed by atoms with E-state index in [2.05, 4.69) is 6.58 Å². The first-order valence-electron chi connectivity index (χ1n) is 3.12. The van der Waals surface area contributed by atoms with Gasteiger partial charge in [-0.05, 0) is 0 Å². The molecule has 0 N–H and O–H groups in total. The van der Waals surface area contributed by atoms with Crippen LogP contribution >= 0.6 is 0 Å². The first kappa shape index (κ1) is 10.4. The Hall–Kier alpha value is -0.562. The Kier molecular flexibility index (Phi) is 4.87. The molecule has 60 valence electrons. The van der Waals surface area contributed by atoms with Gasteiger partial charge in [-0.1, -0.05) is 0 Å². The van der Waals surface area contributed by atoms with Crippen LogP contribution in [0.25, 0.3) is 0 Å². The van der Waals surface area contributed by atoms with Crippen LogP contribution < -0.4 is 0 Å². The van der Waals surface area contributed by atoms with Crippen molar-refractivity contribution >= 4 is 3.90 Å². The quantitative estimate of drug-likeness (QED) is 0.447. The van der Waals surface area contributed by atoms with Gasteiger partial charge in [0.2, 0.25) is 0 Å². The Morgan fingerprint density at radius 1 is 1.73 bits per heavy atom. The molecular weight excluding hydrogens is 314 g/mol. The predicted molar refractivity (Wildman–Crippen MR) is 40.6 cm³/mol. The van der Waals surface area contributed by atoms with Crippen LogP contribution in [0, 0.1) is 10.1 Å². The molecule has 0 saturated carbocycles. The van der Waals surface area contributed by atoms with Crippen molar-refractivity contribution in [3.05, 3.63) is 34.5 Å². The molecule has 4 heteroatoms. The van der Waals surface area contributed by atoms with E-state index in [1.165, 1.54) is 29.3 Å². The topological polar surface area (TPSA) is 43.1 Å². The van der Waals surface area contributed by atoms with Gasteiger partial charge in [0.15, 0.2) is 0 Å². The van der Waals surface area contributed by atoms with Crippen LogP contribution in [-0.4, -0.2) is 8.82 Å². The molecule has 0 aromatic carbocycles. The summed E-state index contributed by atoms with van der Waals surface area (Å²) in [6.45, 7) is 5.29. The van der Waals surface area contributed by atoms with E-state index in [-0.39, 0.29) is 5.70 Å². The Labute approximate surface area is 76.4 Å². The van der Waals surface area contributed by atoms with Crippen molar-refractivity contribution < 1.29 is 24.3 Å². The van der Waals surface area contributed by atoms with Gasteiger partial charge < -0.3 is 0 Å². The van der Waals surface area contributed by atoms with E-state index in [1.54, 1.807) is 6.08 Å². The molecule has 0 spiro atoms. The average molecular weight is 323 g/mol. The fourth-order valence-electron chi connectivity index (χ4n) is 0.368. The molecule has 0 unspecified atom stereocenters. The van der Waals surface area contributed by atoms with E-state index in [0.717, 1.165) is 6.42 Å². The zero-order valence-electron chi connectivity index (χ0n) is 6.24. The summed E-state index contributed by atoms with van der Waals surface area (Å²) in [5, 5.41) is 10.1. The van der Waals surface area contributed by atoms with Crippen LogP contribution in [0.15, 0.2) is 24.4 Å². The maximum atomic E-state index is 10.1. The molecule has 0 amide bonds. The van der Waals surface area contributed by atoms with E-state index in [9.17, 15) is 10.1 Å². The molecule has 0 aliphatic carbocycles. The monoisotopic (exact) mass is 323 g/mol. The van der Waals surface area contributed by atoms with Gasteiger partial charge in [-0.2, -0.15) is 0 Å². The molecule has 0 heterocycles. The van der Waals surface area contributed by atoms with Gasteiger partial charge in [-0.15, -0.1) is 0 Å². The van der Waals surface area contributed by atoms with Gasteiger partial charge in [0.05, 0.1) is 0 Å². The van der Waals surface area contributed by atoms with E-state index >= 15 is 0 Å². The third-order valence-electron chi connectivity index (χ3n) is 1.04. The van der Waals surface area contributed by atoms with Crippen LogP contribution in [0.3, 0.4) is 0 Å². The summed E-state index contributed by atoms with van der Waals surface area (Å²) >= 11 is 1.34. The van der Waals surface area contributed by atoms with Crippen LogP contribution in [0.1, 0.15) is 13.3 Å². The second kappa shape index (κ2) is 5.14. The standard InChI is InChI=1S/C7H9NO2.W/c1-3-4-5-6-7(2)8(9)10;/h5-6H,2-3H2,1H3;. The summed E-state index contributed by atoms with van der Waals surface area (Å²) in [5.74, 6) is 0. The molecular formula is C7H9NO2W. The Morgan fingerprint density at radius 2 is 2.27 bits per heavy atom. The molecule has 0 rings (SSSR count). The first-order valence-corrected chi connectivity index (χ1v) is 4.58. The van der Waals surface area contributed by atoms with Gasteiger partial charge in [-0.25, -0.2) is 0 Å². The third-order valence-corrected chi connectivity index (χ3v) is 2.57. The Balaban J connectivity index is 4.04. The minimum atomic E-state index is -0.491. The molecule has 0 radical (unpaired) electrons. The van der Waals surface area contributed by atoms with Crippen molar-refractivity contribution in [3.8, 4) is 0 Å². The van der Waals surface area contributed by atoms with Crippen LogP contribution in [0.2, 0.25) is 0 Å². The SMILES string of the molecule is C=C(C=C[C](=[W])CC)[N+](=O)[O-]. The molecule has 3 nitrogen and oxygen atoms in total. The number of hydrogen-bond acceptors (Lipinski definition) is 2. The third kappa shape index (κ3) is 4.79. The second-order valence-electron chi connectivity index (χ2n) is 1.90. The number of rotatable bonds is 4. The molecule has 11 heavy (non-hydrogen) atoms. The normalized spacial score (nSPS) is 9.91. The van der Waals surface area contributed by atoms with Gasteiger partial charge in [0.25, 0.3) is 0 Å². The van der Waals surface area contributed by atoms with Gasteiger partial charge in [-0.3, -0.25) is 0 Å². The molecule has 0 saturated heterocycles. The zero-order valence-corrected chi connectivity index (χ0v) is 9.17. The first-order chi connectivity index (χ1) is 5.07. The van der Waals surface area contributed by atoms with Crippen molar-refractivity contribution in [3.63, 3.8) is 0 Å². The van der Waals surface area contributed by atoms with Gasteiger partial charge in [0.1, 0.15) is 0 Å². The molecule has 0 aromatic heterocycles. The molecule has 0 aliphatic heterocycles. The fourth-order valence-corrected chi connectivity index (χ4v) is 0.612. The number of nitro groups is 1. The molecule has 0 aromatic rings. The predicted octanol–water partition coefficient (Wildman–Crippen LogP) is 1.46. The summed E-state index contributed by atoms with van der Waals surface area (Å²) in [6, 6.07) is 0. The van der Waals surface area contributed by atoms with Gasteiger partial charge >= 0.3 is 76.1 Å². The molecule has 0 atom stereocenters. The summed E-state index contributed by atoms with van der Waals surface area (Å²) in [7, 11) is 0. The van der Waals surface area contributed by atoms with Crippen molar-refractivity contribution in [2.75, 3.05) is 0 Å². The molecule has 0 aliphatic rings. The second-order valence-corrected chi connectivity index (χ2v) is 3.79. The summed E-state index contributed by atoms with van der Waals surface area (Å²) in [6.07, 6.45) is 4.13. The van der Waals surface area contributed by atoms with E-state index in [0.29, 0.717) is 0 Å². The summed E-state index contributed by atoms with van der Waals surface area (Å²) < 4.78 is 1.19. The number of allylic oxidation sites excluding steroid dienone is 2. The van der Waals surface area contributed by atoms with Crippen molar-refractivity contribution in [2.24, 2.45) is 0 Å². The number of hydrogen-bond donors (Lipinski definition) is 0. The minimum absolute atomic E-state index is 0.0581. The van der Waals surface area contributed by atoms with E-state index in [1.807, 2.05) is 6.92 Å². The fraction of sp³-hybridized carbons (Fsp3) is 0.286. The van der Waals surface area contributed by atoms with E-state index < -0.39 is 4.92 Å². The van der Waals surface area contributed by atoms with Crippen LogP contribution in [0.4, 0.5) is 0 Å². The molecule has 0 bridgehead atoms. The van der Waals surface area contributed by atoms with Crippen molar-refractivity contribution in [1.82, 2.24) is 0 Å². The molecule has 0 fully saturated rings. The van der Waals surface area contributed by atoms with Gasteiger partial charge in [0, 0.05) is 0 Å². The Morgan fingerprint density at radius 3 is 2.64 bits per heavy atom. The Bertz CT molecular complexity index is 220. The van der Waals surface area contributed by atoms with Crippen LogP contribution in [0.5, 0.6) is 0 Å². The van der Waals surface area contributed by atoms with E-state index in [4.69, 9.17) is 0 Å². The maximum absolute atomic E-state index is 10.1. The van der Waals surface area contributed by atoms with Crippen molar-refractivity contribution in [2.45, 2.75) is 13.3 Å². The average Bonchev–Trinajstić information content (AvgIpc) is 1.99. The van der Waals surface area contributed by atoms with Crippen molar-refractivity contribution in [1.29, 1.82) is 0 Å². The zero-order chi connectivity index (χ0) is 8.85. The summed E-state index contributed by atoms with van der Waals surface area (Å²) in [5.41, 5.74) is -0.0581.